The highest BCUT2D eigenvalue weighted by molar-refractivity contribution is 6.03. The van der Waals surface area contributed by atoms with Crippen LogP contribution in [0.2, 0.25) is 0 Å². The summed E-state index contributed by atoms with van der Waals surface area (Å²) in [4.78, 5) is 35.5. The van der Waals surface area contributed by atoms with Crippen LogP contribution in [0.1, 0.15) is 34.1 Å². The standard InChI is InChI=1S/C13H18N2O6/c1-12(2)6-7(11(19)20)13(3,4)15(12,21)14-9(17)5-8(16)10(14)18/h6,8,16,21H,5H2,1-4H3/p+1. The number of imide groups is 1. The van der Waals surface area contributed by atoms with Crippen molar-refractivity contribution in [1.82, 2.24) is 5.01 Å². The van der Waals surface area contributed by atoms with Gasteiger partial charge in [0.25, 0.3) is 5.91 Å². The highest BCUT2D eigenvalue weighted by Gasteiger charge is 2.71. The monoisotopic (exact) mass is 299 g/mol. The van der Waals surface area contributed by atoms with Gasteiger partial charge >= 0.3 is 11.9 Å². The van der Waals surface area contributed by atoms with Crippen LogP contribution in [0.25, 0.3) is 0 Å². The number of nitrogens with zero attached hydrogens (tertiary/aromatic N) is 2. The molecule has 116 valence electrons. The lowest BCUT2D eigenvalue weighted by Crippen LogP contribution is -2.74. The van der Waals surface area contributed by atoms with E-state index in [1.807, 2.05) is 0 Å². The van der Waals surface area contributed by atoms with Gasteiger partial charge in [-0.3, -0.25) is 9.59 Å². The smallest absolute Gasteiger partial charge is 0.338 e. The molecule has 0 saturated carbocycles. The highest BCUT2D eigenvalue weighted by atomic mass is 16.6. The molecule has 2 heterocycles. The minimum Gasteiger partial charge on any atom is -0.478 e. The molecule has 0 bridgehead atoms. The molecule has 3 N–H and O–H groups in total. The van der Waals surface area contributed by atoms with E-state index in [9.17, 15) is 29.8 Å². The Bertz CT molecular complexity index is 579. The van der Waals surface area contributed by atoms with Gasteiger partial charge < -0.3 is 10.2 Å². The zero-order valence-electron chi connectivity index (χ0n) is 12.3. The summed E-state index contributed by atoms with van der Waals surface area (Å²) in [5.74, 6) is -2.90. The van der Waals surface area contributed by atoms with Crippen LogP contribution in [0.5, 0.6) is 0 Å². The first-order valence-electron chi connectivity index (χ1n) is 6.52. The summed E-state index contributed by atoms with van der Waals surface area (Å²) in [7, 11) is 0. The lowest BCUT2D eigenvalue weighted by molar-refractivity contribution is -1.22. The fourth-order valence-corrected chi connectivity index (χ4v) is 3.25. The number of carbonyl (C=O) groups excluding carboxylic acids is 2. The van der Waals surface area contributed by atoms with E-state index in [0.29, 0.717) is 5.01 Å². The van der Waals surface area contributed by atoms with Crippen LogP contribution in [0, 0.1) is 0 Å². The Balaban J connectivity index is 2.64. The Hall–Kier alpha value is -1.77. The number of hydrogen-bond acceptors (Lipinski definition) is 5. The molecule has 21 heavy (non-hydrogen) atoms. The summed E-state index contributed by atoms with van der Waals surface area (Å²) < 4.78 is -1.23. The number of carboxylic acids is 1. The van der Waals surface area contributed by atoms with Crippen LogP contribution in [-0.2, 0) is 14.4 Å². The zero-order chi connectivity index (χ0) is 16.4. The van der Waals surface area contributed by atoms with Gasteiger partial charge in [0.15, 0.2) is 11.1 Å². The first-order valence-corrected chi connectivity index (χ1v) is 6.52. The number of carbonyl (C=O) groups is 3. The van der Waals surface area contributed by atoms with Gasteiger partial charge in [0.2, 0.25) is 0 Å². The molecule has 2 amide bonds. The Morgan fingerprint density at radius 3 is 2.19 bits per heavy atom. The Morgan fingerprint density at radius 1 is 1.33 bits per heavy atom. The SMILES string of the molecule is CC1(C)C=C(C(=O)O)C(C)(C)[N+]1(O)N1C(=O)CC(O)C1=O. The molecular weight excluding hydrogens is 280 g/mol. The maximum absolute atomic E-state index is 12.1. The highest BCUT2D eigenvalue weighted by Crippen LogP contribution is 2.48. The summed E-state index contributed by atoms with van der Waals surface area (Å²) in [6, 6.07) is 0. The number of aliphatic hydroxyl groups excluding tert-OH is 1. The van der Waals surface area contributed by atoms with Crippen LogP contribution < -0.4 is 0 Å². The average molecular weight is 299 g/mol. The van der Waals surface area contributed by atoms with Gasteiger partial charge in [-0.25, -0.2) is 4.79 Å². The van der Waals surface area contributed by atoms with Crippen molar-refractivity contribution in [2.24, 2.45) is 0 Å². The minimum absolute atomic E-state index is 0.100. The second kappa shape index (κ2) is 4.12. The number of quaternary nitrogens is 1. The number of amides is 2. The minimum atomic E-state index is -1.51. The predicted octanol–water partition coefficient (Wildman–Crippen LogP) is -0.191. The third-order valence-corrected chi connectivity index (χ3v) is 4.36. The molecule has 0 aliphatic carbocycles. The van der Waals surface area contributed by atoms with Crippen LogP contribution in [0.15, 0.2) is 11.6 Å². The molecule has 8 heteroatoms. The lowest BCUT2D eigenvalue weighted by Gasteiger charge is -2.48. The number of hydroxylamine groups is 2. The van der Waals surface area contributed by atoms with Gasteiger partial charge in [-0.05, 0) is 19.9 Å². The van der Waals surface area contributed by atoms with Gasteiger partial charge in [0, 0.05) is 13.8 Å². The lowest BCUT2D eigenvalue weighted by atomic mass is 9.96. The van der Waals surface area contributed by atoms with Crippen molar-refractivity contribution in [3.05, 3.63) is 11.6 Å². The molecule has 2 atom stereocenters. The summed E-state index contributed by atoms with van der Waals surface area (Å²) in [5.41, 5.74) is -2.77. The van der Waals surface area contributed by atoms with E-state index in [-0.39, 0.29) is 5.57 Å². The van der Waals surface area contributed by atoms with E-state index in [2.05, 4.69) is 0 Å². The fourth-order valence-electron chi connectivity index (χ4n) is 3.25. The van der Waals surface area contributed by atoms with Crippen LogP contribution >= 0.6 is 0 Å². The molecular formula is C13H19N2O6+. The maximum atomic E-state index is 12.1. The molecule has 0 aromatic carbocycles. The van der Waals surface area contributed by atoms with Crippen molar-refractivity contribution < 1.29 is 34.6 Å². The van der Waals surface area contributed by atoms with Crippen molar-refractivity contribution in [1.29, 1.82) is 0 Å². The van der Waals surface area contributed by atoms with E-state index < -0.39 is 46.1 Å². The molecule has 8 nitrogen and oxygen atoms in total. The first-order chi connectivity index (χ1) is 9.38. The maximum Gasteiger partial charge on any atom is 0.338 e. The predicted molar refractivity (Wildman–Crippen MR) is 68.4 cm³/mol. The molecule has 0 aromatic rings. The molecule has 0 radical (unpaired) electrons. The van der Waals surface area contributed by atoms with Crippen molar-refractivity contribution in [3.63, 3.8) is 0 Å². The summed E-state index contributed by atoms with van der Waals surface area (Å²) in [6.07, 6.45) is -0.603. The Morgan fingerprint density at radius 2 is 1.86 bits per heavy atom. The van der Waals surface area contributed by atoms with Crippen molar-refractivity contribution in [2.75, 3.05) is 0 Å². The summed E-state index contributed by atoms with van der Waals surface area (Å²) >= 11 is 0. The van der Waals surface area contributed by atoms with E-state index in [4.69, 9.17) is 0 Å². The first kappa shape index (κ1) is 15.6. The zero-order valence-corrected chi connectivity index (χ0v) is 12.3. The molecule has 0 spiro atoms. The van der Waals surface area contributed by atoms with Gasteiger partial charge in [-0.2, -0.15) is 5.21 Å². The third kappa shape index (κ3) is 1.69. The van der Waals surface area contributed by atoms with Gasteiger partial charge in [-0.15, -0.1) is 0 Å². The van der Waals surface area contributed by atoms with E-state index in [1.165, 1.54) is 33.8 Å². The molecule has 0 aromatic heterocycles. The number of rotatable bonds is 2. The topological polar surface area (TPSA) is 115 Å². The van der Waals surface area contributed by atoms with E-state index in [0.717, 1.165) is 0 Å². The summed E-state index contributed by atoms with van der Waals surface area (Å²) in [6.45, 7) is 5.92. The van der Waals surface area contributed by atoms with E-state index in [1.54, 1.807) is 0 Å². The quantitative estimate of drug-likeness (QED) is 0.481. The molecule has 1 fully saturated rings. The largest absolute Gasteiger partial charge is 0.478 e. The number of hydrogen-bond donors (Lipinski definition) is 3. The molecule has 1 saturated heterocycles. The number of carboxylic acid groups (broad SMARTS) is 1. The van der Waals surface area contributed by atoms with Gasteiger partial charge in [0.05, 0.1) is 6.42 Å². The summed E-state index contributed by atoms with van der Waals surface area (Å²) in [5, 5.41) is 30.6. The second-order valence-electron chi connectivity index (χ2n) is 6.44. The third-order valence-electron chi connectivity index (χ3n) is 4.36. The van der Waals surface area contributed by atoms with Crippen LogP contribution in [0.3, 0.4) is 0 Å². The molecule has 2 unspecified atom stereocenters. The fraction of sp³-hybridized carbons (Fsp3) is 0.615. The molecule has 2 aliphatic heterocycles. The Kier molecular flexibility index (Phi) is 3.07. The molecule has 2 rings (SSSR count). The van der Waals surface area contributed by atoms with Crippen LogP contribution in [-0.4, -0.2) is 60.2 Å². The van der Waals surface area contributed by atoms with Crippen molar-refractivity contribution >= 4 is 17.8 Å². The van der Waals surface area contributed by atoms with Crippen LogP contribution in [0.4, 0.5) is 0 Å². The second-order valence-corrected chi connectivity index (χ2v) is 6.44. The van der Waals surface area contributed by atoms with Gasteiger partial charge in [0.1, 0.15) is 11.7 Å². The van der Waals surface area contributed by atoms with E-state index >= 15 is 0 Å². The Labute approximate surface area is 121 Å². The van der Waals surface area contributed by atoms with Crippen molar-refractivity contribution in [3.8, 4) is 0 Å². The average Bonchev–Trinajstić information content (AvgIpc) is 2.65. The number of aliphatic hydroxyl groups is 1. The number of aliphatic carboxylic acids is 1. The van der Waals surface area contributed by atoms with Gasteiger partial charge in [-0.1, -0.05) is 9.76 Å². The molecule has 2 aliphatic rings. The van der Waals surface area contributed by atoms with Crippen molar-refractivity contribution in [2.45, 2.75) is 51.3 Å². The normalized spacial score (nSPS) is 34.3.